The molecule has 1 atom stereocenters. The molecule has 0 aromatic carbocycles. The van der Waals surface area contributed by atoms with Gasteiger partial charge in [0.05, 0.1) is 5.69 Å². The van der Waals surface area contributed by atoms with E-state index in [1.165, 1.54) is 0 Å². The highest BCUT2D eigenvalue weighted by molar-refractivity contribution is 5.74. The molecule has 0 aliphatic heterocycles. The van der Waals surface area contributed by atoms with Crippen LogP contribution in [-0.4, -0.2) is 11.3 Å². The predicted octanol–water partition coefficient (Wildman–Crippen LogP) is 2.34. The maximum atomic E-state index is 10.5. The first kappa shape index (κ1) is 8.05. The molecule has 2 nitrogen and oxygen atoms in total. The number of carbonyl (C=O) groups excluding carboxylic acids is 1. The van der Waals surface area contributed by atoms with Crippen LogP contribution in [0.3, 0.4) is 0 Å². The van der Waals surface area contributed by atoms with Crippen molar-refractivity contribution in [3.63, 3.8) is 0 Å². The minimum atomic E-state index is 0.474. The van der Waals surface area contributed by atoms with Crippen LogP contribution in [0.4, 0.5) is 0 Å². The van der Waals surface area contributed by atoms with Crippen molar-refractivity contribution in [1.82, 2.24) is 4.98 Å². The summed E-state index contributed by atoms with van der Waals surface area (Å²) in [5, 5.41) is 0. The minimum absolute atomic E-state index is 0.474. The molecule has 0 aliphatic carbocycles. The second-order valence-corrected chi connectivity index (χ2v) is 2.77. The highest BCUT2D eigenvalue weighted by Crippen LogP contribution is 2.20. The van der Waals surface area contributed by atoms with Gasteiger partial charge in [-0.25, -0.2) is 0 Å². The third-order valence-electron chi connectivity index (χ3n) is 2.07. The van der Waals surface area contributed by atoms with E-state index in [2.05, 4.69) is 18.8 Å². The van der Waals surface area contributed by atoms with Crippen LogP contribution in [0, 0.1) is 0 Å². The van der Waals surface area contributed by atoms with Crippen LogP contribution in [0.5, 0.6) is 0 Å². The summed E-state index contributed by atoms with van der Waals surface area (Å²) in [6.45, 7) is 4.24. The molecular formula is C9H13NO. The summed E-state index contributed by atoms with van der Waals surface area (Å²) in [6.07, 6.45) is 3.76. The smallest absolute Gasteiger partial charge is 0.166 e. The molecule has 0 radical (unpaired) electrons. The largest absolute Gasteiger partial charge is 0.359 e. The van der Waals surface area contributed by atoms with E-state index in [1.807, 2.05) is 12.3 Å². The number of hydrogen-bond donors (Lipinski definition) is 1. The van der Waals surface area contributed by atoms with Crippen LogP contribution in [0.1, 0.15) is 42.2 Å². The average Bonchev–Trinajstić information content (AvgIpc) is 2.50. The van der Waals surface area contributed by atoms with Crippen LogP contribution in [0.2, 0.25) is 0 Å². The Balaban J connectivity index is 2.92. The van der Waals surface area contributed by atoms with Crippen molar-refractivity contribution in [3.05, 3.63) is 23.5 Å². The van der Waals surface area contributed by atoms with Gasteiger partial charge in [0.25, 0.3) is 0 Å². The number of hydrogen-bond acceptors (Lipinski definition) is 1. The Morgan fingerprint density at radius 2 is 2.45 bits per heavy atom. The van der Waals surface area contributed by atoms with Crippen LogP contribution >= 0.6 is 0 Å². The molecular weight excluding hydrogens is 138 g/mol. The van der Waals surface area contributed by atoms with E-state index in [4.69, 9.17) is 0 Å². The van der Waals surface area contributed by atoms with Crippen molar-refractivity contribution in [2.75, 3.05) is 0 Å². The number of rotatable bonds is 3. The number of aromatic amines is 1. The second-order valence-electron chi connectivity index (χ2n) is 2.77. The minimum Gasteiger partial charge on any atom is -0.359 e. The maximum absolute atomic E-state index is 10.5. The number of aromatic nitrogens is 1. The number of nitrogens with one attached hydrogen (secondary N) is 1. The van der Waals surface area contributed by atoms with Gasteiger partial charge in [0.1, 0.15) is 0 Å². The fourth-order valence-corrected chi connectivity index (χ4v) is 1.15. The van der Waals surface area contributed by atoms with Gasteiger partial charge in [-0.2, -0.15) is 0 Å². The van der Waals surface area contributed by atoms with Gasteiger partial charge in [0, 0.05) is 6.20 Å². The first-order valence-electron chi connectivity index (χ1n) is 3.92. The van der Waals surface area contributed by atoms with E-state index >= 15 is 0 Å². The molecule has 1 aromatic rings. The molecule has 60 valence electrons. The zero-order valence-electron chi connectivity index (χ0n) is 6.92. The first-order valence-corrected chi connectivity index (χ1v) is 3.92. The highest BCUT2D eigenvalue weighted by atomic mass is 16.1. The summed E-state index contributed by atoms with van der Waals surface area (Å²) in [6, 6.07) is 1.97. The van der Waals surface area contributed by atoms with E-state index in [-0.39, 0.29) is 0 Å². The average molecular weight is 151 g/mol. The SMILES string of the molecule is CCC(C)c1cc[nH]c1C=O. The summed E-state index contributed by atoms with van der Waals surface area (Å²) in [5.41, 5.74) is 1.85. The fourth-order valence-electron chi connectivity index (χ4n) is 1.15. The third-order valence-corrected chi connectivity index (χ3v) is 2.07. The number of carbonyl (C=O) groups is 1. The molecule has 1 aromatic heterocycles. The Bertz CT molecular complexity index is 239. The van der Waals surface area contributed by atoms with E-state index in [1.54, 1.807) is 0 Å². The van der Waals surface area contributed by atoms with Crippen molar-refractivity contribution >= 4 is 6.29 Å². The number of H-pyrrole nitrogens is 1. The lowest BCUT2D eigenvalue weighted by Crippen LogP contribution is -1.94. The van der Waals surface area contributed by atoms with Crippen molar-refractivity contribution in [2.24, 2.45) is 0 Å². The summed E-state index contributed by atoms with van der Waals surface area (Å²) >= 11 is 0. The van der Waals surface area contributed by atoms with Gasteiger partial charge in [-0.1, -0.05) is 13.8 Å². The fraction of sp³-hybridized carbons (Fsp3) is 0.444. The molecule has 0 amide bonds. The Kier molecular flexibility index (Phi) is 2.47. The Morgan fingerprint density at radius 1 is 1.73 bits per heavy atom. The molecule has 0 fully saturated rings. The molecule has 1 unspecified atom stereocenters. The van der Waals surface area contributed by atoms with E-state index < -0.39 is 0 Å². The van der Waals surface area contributed by atoms with Gasteiger partial charge >= 0.3 is 0 Å². The molecule has 2 heteroatoms. The molecule has 0 saturated heterocycles. The number of aldehydes is 1. The standard InChI is InChI=1S/C9H13NO/c1-3-7(2)8-4-5-10-9(8)6-11/h4-7,10H,3H2,1-2H3. The van der Waals surface area contributed by atoms with Gasteiger partial charge in [-0.05, 0) is 24.0 Å². The summed E-state index contributed by atoms with van der Waals surface area (Å²) in [7, 11) is 0. The molecule has 0 spiro atoms. The van der Waals surface area contributed by atoms with Gasteiger partial charge in [-0.3, -0.25) is 4.79 Å². The molecule has 0 aliphatic rings. The Morgan fingerprint density at radius 3 is 3.00 bits per heavy atom. The zero-order chi connectivity index (χ0) is 8.27. The Labute approximate surface area is 66.6 Å². The topological polar surface area (TPSA) is 32.9 Å². The molecule has 0 saturated carbocycles. The van der Waals surface area contributed by atoms with Crippen molar-refractivity contribution in [3.8, 4) is 0 Å². The van der Waals surface area contributed by atoms with E-state index in [0.29, 0.717) is 5.92 Å². The third kappa shape index (κ3) is 1.50. The zero-order valence-corrected chi connectivity index (χ0v) is 6.92. The summed E-state index contributed by atoms with van der Waals surface area (Å²) in [4.78, 5) is 13.4. The molecule has 0 bridgehead atoms. The van der Waals surface area contributed by atoms with E-state index in [0.717, 1.165) is 24.0 Å². The molecule has 1 N–H and O–H groups in total. The molecule has 1 rings (SSSR count). The summed E-state index contributed by atoms with van der Waals surface area (Å²) < 4.78 is 0. The predicted molar refractivity (Wildman–Crippen MR) is 44.9 cm³/mol. The second kappa shape index (κ2) is 3.37. The Hall–Kier alpha value is -1.05. The first-order chi connectivity index (χ1) is 5.29. The monoisotopic (exact) mass is 151 g/mol. The van der Waals surface area contributed by atoms with Gasteiger partial charge in [0.2, 0.25) is 0 Å². The maximum Gasteiger partial charge on any atom is 0.166 e. The van der Waals surface area contributed by atoms with Crippen LogP contribution in [0.15, 0.2) is 12.3 Å². The van der Waals surface area contributed by atoms with Gasteiger partial charge in [0.15, 0.2) is 6.29 Å². The molecule has 1 heterocycles. The van der Waals surface area contributed by atoms with Crippen LogP contribution in [0.25, 0.3) is 0 Å². The lowest BCUT2D eigenvalue weighted by Gasteiger charge is -2.05. The van der Waals surface area contributed by atoms with Crippen molar-refractivity contribution < 1.29 is 4.79 Å². The lowest BCUT2D eigenvalue weighted by molar-refractivity contribution is 0.111. The highest BCUT2D eigenvalue weighted by Gasteiger charge is 2.08. The van der Waals surface area contributed by atoms with Gasteiger partial charge in [-0.15, -0.1) is 0 Å². The molecule has 11 heavy (non-hydrogen) atoms. The lowest BCUT2D eigenvalue weighted by atomic mass is 9.99. The van der Waals surface area contributed by atoms with Crippen LogP contribution in [-0.2, 0) is 0 Å². The quantitative estimate of drug-likeness (QED) is 0.661. The van der Waals surface area contributed by atoms with Crippen molar-refractivity contribution in [1.29, 1.82) is 0 Å². The van der Waals surface area contributed by atoms with Crippen molar-refractivity contribution in [2.45, 2.75) is 26.2 Å². The summed E-state index contributed by atoms with van der Waals surface area (Å²) in [5.74, 6) is 0.474. The van der Waals surface area contributed by atoms with Gasteiger partial charge < -0.3 is 4.98 Å². The van der Waals surface area contributed by atoms with E-state index in [9.17, 15) is 4.79 Å². The van der Waals surface area contributed by atoms with Crippen LogP contribution < -0.4 is 0 Å². The normalized spacial score (nSPS) is 12.9.